The van der Waals surface area contributed by atoms with E-state index in [4.69, 9.17) is 5.73 Å². The van der Waals surface area contributed by atoms with Crippen molar-refractivity contribution in [2.75, 3.05) is 0 Å². The van der Waals surface area contributed by atoms with E-state index in [1.165, 1.54) is 12.1 Å². The molecule has 18 heavy (non-hydrogen) atoms. The summed E-state index contributed by atoms with van der Waals surface area (Å²) in [6, 6.07) is 6.59. The molecule has 1 atom stereocenters. The Morgan fingerprint density at radius 2 is 1.89 bits per heavy atom. The van der Waals surface area contributed by atoms with Crippen LogP contribution in [0.5, 0.6) is 0 Å². The first-order valence-corrected chi connectivity index (χ1v) is 6.16. The molecule has 5 heteroatoms. The third-order valence-corrected chi connectivity index (χ3v) is 3.19. The molecule has 1 heterocycles. The molecule has 0 aliphatic heterocycles. The summed E-state index contributed by atoms with van der Waals surface area (Å²) in [5.74, 6) is -1.20. The lowest BCUT2D eigenvalue weighted by Crippen LogP contribution is -2.15. The van der Waals surface area contributed by atoms with E-state index in [9.17, 15) is 8.78 Å². The number of hydrogen-bond acceptors (Lipinski definition) is 2. The van der Waals surface area contributed by atoms with Gasteiger partial charge in [0, 0.05) is 16.7 Å². The SMILES string of the molecule is NC(Cc1cc(F)cc(F)c1)c1ncccc1Br. The second-order valence-electron chi connectivity index (χ2n) is 3.96. The quantitative estimate of drug-likeness (QED) is 0.943. The number of pyridine rings is 1. The van der Waals surface area contributed by atoms with Crippen molar-refractivity contribution < 1.29 is 8.78 Å². The zero-order chi connectivity index (χ0) is 13.1. The number of hydrogen-bond donors (Lipinski definition) is 1. The Bertz CT molecular complexity index is 540. The fourth-order valence-electron chi connectivity index (χ4n) is 1.75. The minimum absolute atomic E-state index is 0.324. The van der Waals surface area contributed by atoms with Crippen LogP contribution < -0.4 is 5.73 Å². The predicted molar refractivity (Wildman–Crippen MR) is 68.9 cm³/mol. The van der Waals surface area contributed by atoms with Crippen LogP contribution in [-0.4, -0.2) is 4.98 Å². The Morgan fingerprint density at radius 1 is 1.22 bits per heavy atom. The fourth-order valence-corrected chi connectivity index (χ4v) is 2.30. The second kappa shape index (κ2) is 5.54. The summed E-state index contributed by atoms with van der Waals surface area (Å²) in [6.07, 6.45) is 1.95. The molecular formula is C13H11BrF2N2. The van der Waals surface area contributed by atoms with Gasteiger partial charge in [-0.3, -0.25) is 4.98 Å². The van der Waals surface area contributed by atoms with Gasteiger partial charge >= 0.3 is 0 Å². The molecule has 2 aromatic rings. The maximum absolute atomic E-state index is 13.1. The molecule has 1 aromatic carbocycles. The average molecular weight is 313 g/mol. The topological polar surface area (TPSA) is 38.9 Å². The Labute approximate surface area is 112 Å². The standard InChI is InChI=1S/C13H11BrF2N2/c14-11-2-1-3-18-13(11)12(17)6-8-4-9(15)7-10(16)5-8/h1-5,7,12H,6,17H2. The summed E-state index contributed by atoms with van der Waals surface area (Å²) in [5.41, 5.74) is 7.17. The van der Waals surface area contributed by atoms with Gasteiger partial charge in [-0.2, -0.15) is 0 Å². The molecule has 0 saturated carbocycles. The van der Waals surface area contributed by atoms with E-state index >= 15 is 0 Å². The highest BCUT2D eigenvalue weighted by Crippen LogP contribution is 2.22. The highest BCUT2D eigenvalue weighted by molar-refractivity contribution is 9.10. The Kier molecular flexibility index (Phi) is 4.04. The minimum Gasteiger partial charge on any atom is -0.322 e. The molecule has 0 aliphatic carbocycles. The summed E-state index contributed by atoms with van der Waals surface area (Å²) in [4.78, 5) is 4.16. The lowest BCUT2D eigenvalue weighted by Gasteiger charge is -2.12. The summed E-state index contributed by atoms with van der Waals surface area (Å²) in [6.45, 7) is 0. The van der Waals surface area contributed by atoms with Crippen molar-refractivity contribution in [2.24, 2.45) is 5.73 Å². The van der Waals surface area contributed by atoms with Crippen molar-refractivity contribution in [3.8, 4) is 0 Å². The molecule has 2 nitrogen and oxygen atoms in total. The molecule has 94 valence electrons. The molecule has 0 spiro atoms. The van der Waals surface area contributed by atoms with E-state index in [2.05, 4.69) is 20.9 Å². The van der Waals surface area contributed by atoms with Gasteiger partial charge in [-0.1, -0.05) is 0 Å². The zero-order valence-electron chi connectivity index (χ0n) is 9.41. The lowest BCUT2D eigenvalue weighted by atomic mass is 10.0. The van der Waals surface area contributed by atoms with E-state index < -0.39 is 17.7 Å². The van der Waals surface area contributed by atoms with E-state index in [1.54, 1.807) is 12.3 Å². The summed E-state index contributed by atoms with van der Waals surface area (Å²) in [7, 11) is 0. The Balaban J connectivity index is 2.21. The first kappa shape index (κ1) is 13.1. The third-order valence-electron chi connectivity index (χ3n) is 2.52. The van der Waals surface area contributed by atoms with Gasteiger partial charge in [0.25, 0.3) is 0 Å². The fraction of sp³-hybridized carbons (Fsp3) is 0.154. The molecule has 1 unspecified atom stereocenters. The van der Waals surface area contributed by atoms with Crippen LogP contribution in [0.15, 0.2) is 41.0 Å². The van der Waals surface area contributed by atoms with Crippen LogP contribution in [-0.2, 0) is 6.42 Å². The van der Waals surface area contributed by atoms with Gasteiger partial charge in [-0.25, -0.2) is 8.78 Å². The van der Waals surface area contributed by atoms with E-state index in [0.717, 1.165) is 10.5 Å². The van der Waals surface area contributed by atoms with Crippen molar-refractivity contribution in [3.63, 3.8) is 0 Å². The normalized spacial score (nSPS) is 12.4. The number of nitrogens with two attached hydrogens (primary N) is 1. The number of rotatable bonds is 3. The number of nitrogens with zero attached hydrogens (tertiary/aromatic N) is 1. The first-order valence-electron chi connectivity index (χ1n) is 5.37. The van der Waals surface area contributed by atoms with Crippen LogP contribution in [0, 0.1) is 11.6 Å². The second-order valence-corrected chi connectivity index (χ2v) is 4.81. The van der Waals surface area contributed by atoms with Crippen molar-refractivity contribution in [2.45, 2.75) is 12.5 Å². The average Bonchev–Trinajstić information content (AvgIpc) is 2.27. The maximum Gasteiger partial charge on any atom is 0.126 e. The van der Waals surface area contributed by atoms with E-state index in [-0.39, 0.29) is 0 Å². The monoisotopic (exact) mass is 312 g/mol. The van der Waals surface area contributed by atoms with Crippen molar-refractivity contribution >= 4 is 15.9 Å². The van der Waals surface area contributed by atoms with Crippen LogP contribution in [0.25, 0.3) is 0 Å². The Morgan fingerprint density at radius 3 is 2.50 bits per heavy atom. The minimum atomic E-state index is -0.600. The smallest absolute Gasteiger partial charge is 0.126 e. The lowest BCUT2D eigenvalue weighted by molar-refractivity contribution is 0.575. The molecule has 1 aromatic heterocycles. The highest BCUT2D eigenvalue weighted by atomic mass is 79.9. The molecular weight excluding hydrogens is 302 g/mol. The van der Waals surface area contributed by atoms with Crippen molar-refractivity contribution in [1.82, 2.24) is 4.98 Å². The van der Waals surface area contributed by atoms with E-state index in [0.29, 0.717) is 17.7 Å². The van der Waals surface area contributed by atoms with Crippen molar-refractivity contribution in [1.29, 1.82) is 0 Å². The van der Waals surface area contributed by atoms with Crippen LogP contribution >= 0.6 is 15.9 Å². The number of benzene rings is 1. The van der Waals surface area contributed by atoms with Gasteiger partial charge in [-0.15, -0.1) is 0 Å². The van der Waals surface area contributed by atoms with Crippen LogP contribution in [0.1, 0.15) is 17.3 Å². The van der Waals surface area contributed by atoms with Crippen LogP contribution in [0.3, 0.4) is 0 Å². The maximum atomic E-state index is 13.1. The number of aromatic nitrogens is 1. The molecule has 2 N–H and O–H groups in total. The molecule has 0 saturated heterocycles. The van der Waals surface area contributed by atoms with Gasteiger partial charge in [0.05, 0.1) is 11.7 Å². The van der Waals surface area contributed by atoms with Gasteiger partial charge in [-0.05, 0) is 52.2 Å². The zero-order valence-corrected chi connectivity index (χ0v) is 11.0. The number of halogens is 3. The predicted octanol–water partition coefficient (Wildman–Crippen LogP) is 3.36. The Hall–Kier alpha value is -1.33. The first-order chi connectivity index (χ1) is 8.56. The molecule has 0 fully saturated rings. The third kappa shape index (κ3) is 3.11. The molecule has 2 rings (SSSR count). The van der Waals surface area contributed by atoms with E-state index in [1.807, 2.05) is 6.07 Å². The summed E-state index contributed by atoms with van der Waals surface area (Å²) in [5, 5.41) is 0. The highest BCUT2D eigenvalue weighted by Gasteiger charge is 2.13. The van der Waals surface area contributed by atoms with Crippen LogP contribution in [0.2, 0.25) is 0 Å². The molecule has 0 radical (unpaired) electrons. The molecule has 0 aliphatic rings. The summed E-state index contributed by atoms with van der Waals surface area (Å²) < 4.78 is 26.9. The largest absolute Gasteiger partial charge is 0.322 e. The molecule has 0 bridgehead atoms. The van der Waals surface area contributed by atoms with Crippen LogP contribution in [0.4, 0.5) is 8.78 Å². The van der Waals surface area contributed by atoms with Gasteiger partial charge in [0.15, 0.2) is 0 Å². The van der Waals surface area contributed by atoms with Gasteiger partial charge in [0.1, 0.15) is 11.6 Å². The van der Waals surface area contributed by atoms with Crippen molar-refractivity contribution in [3.05, 3.63) is 63.9 Å². The van der Waals surface area contributed by atoms with Gasteiger partial charge < -0.3 is 5.73 Å². The summed E-state index contributed by atoms with van der Waals surface area (Å²) >= 11 is 3.35. The van der Waals surface area contributed by atoms with Gasteiger partial charge in [0.2, 0.25) is 0 Å². The molecule has 0 amide bonds.